The number of benzene rings is 1. The van der Waals surface area contributed by atoms with Crippen LogP contribution in [0.5, 0.6) is 11.5 Å². The lowest BCUT2D eigenvalue weighted by Gasteiger charge is -2.09. The lowest BCUT2D eigenvalue weighted by Crippen LogP contribution is -2.02. The van der Waals surface area contributed by atoms with Gasteiger partial charge in [-0.3, -0.25) is 0 Å². The molecule has 0 saturated heterocycles. The second kappa shape index (κ2) is 4.11. The SMILES string of the molecule is COc1cc(CN)cc(CN)c1O. The molecular formula is C9H14N2O2. The number of phenols is 1. The van der Waals surface area contributed by atoms with E-state index in [9.17, 15) is 5.11 Å². The highest BCUT2D eigenvalue weighted by Gasteiger charge is 2.08. The molecule has 0 heterocycles. The lowest BCUT2D eigenvalue weighted by molar-refractivity contribution is 0.370. The van der Waals surface area contributed by atoms with Gasteiger partial charge in [-0.2, -0.15) is 0 Å². The van der Waals surface area contributed by atoms with Gasteiger partial charge in [0.15, 0.2) is 11.5 Å². The fourth-order valence-electron chi connectivity index (χ4n) is 1.16. The average molecular weight is 182 g/mol. The number of methoxy groups -OCH3 is 1. The van der Waals surface area contributed by atoms with E-state index in [1.165, 1.54) is 7.11 Å². The van der Waals surface area contributed by atoms with E-state index in [0.29, 0.717) is 17.9 Å². The van der Waals surface area contributed by atoms with Crippen LogP contribution in [0.15, 0.2) is 12.1 Å². The molecule has 72 valence electrons. The van der Waals surface area contributed by atoms with Crippen LogP contribution in [0, 0.1) is 0 Å². The number of rotatable bonds is 3. The standard InChI is InChI=1S/C9H14N2O2/c1-13-8-3-6(4-10)2-7(5-11)9(8)12/h2-3,12H,4-5,10-11H2,1H3. The van der Waals surface area contributed by atoms with Crippen LogP contribution in [-0.4, -0.2) is 12.2 Å². The number of aromatic hydroxyl groups is 1. The van der Waals surface area contributed by atoms with Gasteiger partial charge < -0.3 is 21.3 Å². The molecule has 1 aromatic rings. The quantitative estimate of drug-likeness (QED) is 0.628. The van der Waals surface area contributed by atoms with Crippen molar-refractivity contribution < 1.29 is 9.84 Å². The van der Waals surface area contributed by atoms with Gasteiger partial charge in [0.25, 0.3) is 0 Å². The largest absolute Gasteiger partial charge is 0.504 e. The van der Waals surface area contributed by atoms with Crippen molar-refractivity contribution in [1.82, 2.24) is 0 Å². The lowest BCUT2D eigenvalue weighted by atomic mass is 10.1. The summed E-state index contributed by atoms with van der Waals surface area (Å²) in [5.74, 6) is 0.519. The number of hydrogen-bond acceptors (Lipinski definition) is 4. The summed E-state index contributed by atoms with van der Waals surface area (Å²) < 4.78 is 4.97. The van der Waals surface area contributed by atoms with Gasteiger partial charge in [-0.15, -0.1) is 0 Å². The van der Waals surface area contributed by atoms with E-state index >= 15 is 0 Å². The van der Waals surface area contributed by atoms with Gasteiger partial charge in [0.05, 0.1) is 7.11 Å². The van der Waals surface area contributed by atoms with Crippen molar-refractivity contribution in [3.63, 3.8) is 0 Å². The molecule has 0 aliphatic carbocycles. The molecule has 4 nitrogen and oxygen atoms in total. The Bertz CT molecular complexity index is 275. The molecule has 0 spiro atoms. The molecule has 0 amide bonds. The zero-order valence-electron chi connectivity index (χ0n) is 7.58. The van der Waals surface area contributed by atoms with E-state index < -0.39 is 0 Å². The van der Waals surface area contributed by atoms with E-state index in [1.54, 1.807) is 12.1 Å². The first-order valence-electron chi connectivity index (χ1n) is 4.01. The highest BCUT2D eigenvalue weighted by molar-refractivity contribution is 5.48. The van der Waals surface area contributed by atoms with Crippen molar-refractivity contribution in [2.75, 3.05) is 7.11 Å². The Morgan fingerprint density at radius 1 is 1.31 bits per heavy atom. The van der Waals surface area contributed by atoms with Gasteiger partial charge >= 0.3 is 0 Å². The predicted molar refractivity (Wildman–Crippen MR) is 50.4 cm³/mol. The number of nitrogens with two attached hydrogens (primary N) is 2. The fraction of sp³-hybridized carbons (Fsp3) is 0.333. The predicted octanol–water partition coefficient (Wildman–Crippen LogP) is 0.318. The molecule has 13 heavy (non-hydrogen) atoms. The van der Waals surface area contributed by atoms with Gasteiger partial charge in [-0.25, -0.2) is 0 Å². The maximum absolute atomic E-state index is 9.56. The summed E-state index contributed by atoms with van der Waals surface area (Å²) in [6, 6.07) is 3.48. The molecule has 0 unspecified atom stereocenters. The van der Waals surface area contributed by atoms with Crippen molar-refractivity contribution in [2.45, 2.75) is 13.1 Å². The third-order valence-corrected chi connectivity index (χ3v) is 1.89. The molecule has 0 atom stereocenters. The zero-order chi connectivity index (χ0) is 9.84. The molecule has 0 aromatic heterocycles. The topological polar surface area (TPSA) is 81.5 Å². The first kappa shape index (κ1) is 9.83. The van der Waals surface area contributed by atoms with Crippen molar-refractivity contribution in [3.8, 4) is 11.5 Å². The van der Waals surface area contributed by atoms with Crippen molar-refractivity contribution >= 4 is 0 Å². The van der Waals surface area contributed by atoms with E-state index in [2.05, 4.69) is 0 Å². The summed E-state index contributed by atoms with van der Waals surface area (Å²) in [6.45, 7) is 0.680. The van der Waals surface area contributed by atoms with Gasteiger partial charge in [0, 0.05) is 18.7 Å². The summed E-state index contributed by atoms with van der Waals surface area (Å²) in [4.78, 5) is 0. The van der Waals surface area contributed by atoms with Crippen molar-refractivity contribution in [3.05, 3.63) is 23.3 Å². The Morgan fingerprint density at radius 2 is 2.00 bits per heavy atom. The normalized spacial score (nSPS) is 10.1. The van der Waals surface area contributed by atoms with Crippen LogP contribution in [0.1, 0.15) is 11.1 Å². The van der Waals surface area contributed by atoms with Crippen molar-refractivity contribution in [2.24, 2.45) is 11.5 Å². The molecule has 0 radical (unpaired) electrons. The molecule has 1 rings (SSSR count). The number of phenolic OH excluding ortho intramolecular Hbond substituents is 1. The summed E-state index contributed by atoms with van der Waals surface area (Å²) in [5, 5.41) is 9.56. The molecule has 0 aliphatic rings. The third-order valence-electron chi connectivity index (χ3n) is 1.89. The Labute approximate surface area is 77.1 Å². The minimum absolute atomic E-state index is 0.0993. The molecule has 0 aliphatic heterocycles. The van der Waals surface area contributed by atoms with Crippen LogP contribution in [-0.2, 0) is 13.1 Å². The zero-order valence-corrected chi connectivity index (χ0v) is 7.58. The molecule has 4 heteroatoms. The van der Waals surface area contributed by atoms with Gasteiger partial charge in [-0.1, -0.05) is 0 Å². The van der Waals surface area contributed by atoms with E-state index in [0.717, 1.165) is 5.56 Å². The van der Waals surface area contributed by atoms with E-state index in [1.807, 2.05) is 0 Å². The van der Waals surface area contributed by atoms with Crippen LogP contribution in [0.3, 0.4) is 0 Å². The molecule has 0 fully saturated rings. The number of ether oxygens (including phenoxy) is 1. The van der Waals surface area contributed by atoms with Gasteiger partial charge in [-0.05, 0) is 17.7 Å². The Morgan fingerprint density at radius 3 is 2.46 bits per heavy atom. The number of hydrogen-bond donors (Lipinski definition) is 3. The van der Waals surface area contributed by atoms with Gasteiger partial charge in [0.1, 0.15) is 0 Å². The highest BCUT2D eigenvalue weighted by atomic mass is 16.5. The van der Waals surface area contributed by atoms with Crippen LogP contribution in [0.25, 0.3) is 0 Å². The minimum atomic E-state index is 0.0993. The second-order valence-corrected chi connectivity index (χ2v) is 2.71. The first-order valence-corrected chi connectivity index (χ1v) is 4.01. The maximum atomic E-state index is 9.56. The highest BCUT2D eigenvalue weighted by Crippen LogP contribution is 2.30. The van der Waals surface area contributed by atoms with E-state index in [4.69, 9.17) is 16.2 Å². The van der Waals surface area contributed by atoms with Crippen LogP contribution in [0.4, 0.5) is 0 Å². The maximum Gasteiger partial charge on any atom is 0.162 e. The summed E-state index contributed by atoms with van der Waals surface area (Å²) in [6.07, 6.45) is 0. The molecule has 0 saturated carbocycles. The molecule has 0 bridgehead atoms. The average Bonchev–Trinajstić information content (AvgIpc) is 2.18. The second-order valence-electron chi connectivity index (χ2n) is 2.71. The molecular weight excluding hydrogens is 168 g/mol. The minimum Gasteiger partial charge on any atom is -0.504 e. The monoisotopic (exact) mass is 182 g/mol. The summed E-state index contributed by atoms with van der Waals surface area (Å²) >= 11 is 0. The van der Waals surface area contributed by atoms with Crippen LogP contribution < -0.4 is 16.2 Å². The van der Waals surface area contributed by atoms with E-state index in [-0.39, 0.29) is 12.3 Å². The molecule has 5 N–H and O–H groups in total. The smallest absolute Gasteiger partial charge is 0.162 e. The summed E-state index contributed by atoms with van der Waals surface area (Å²) in [5.41, 5.74) is 12.5. The Hall–Kier alpha value is -1.26. The van der Waals surface area contributed by atoms with Crippen LogP contribution in [0.2, 0.25) is 0 Å². The Kier molecular flexibility index (Phi) is 3.11. The third kappa shape index (κ3) is 1.91. The summed E-state index contributed by atoms with van der Waals surface area (Å²) in [7, 11) is 1.50. The van der Waals surface area contributed by atoms with Crippen LogP contribution >= 0.6 is 0 Å². The molecule has 1 aromatic carbocycles. The Balaban J connectivity index is 3.20. The fourth-order valence-corrected chi connectivity index (χ4v) is 1.16. The van der Waals surface area contributed by atoms with Crippen molar-refractivity contribution in [1.29, 1.82) is 0 Å². The van der Waals surface area contributed by atoms with Gasteiger partial charge in [0.2, 0.25) is 0 Å². The first-order chi connectivity index (χ1) is 6.22.